The van der Waals surface area contributed by atoms with Crippen molar-refractivity contribution in [2.75, 3.05) is 18.0 Å². The topological polar surface area (TPSA) is 111 Å². The second kappa shape index (κ2) is 7.08. The summed E-state index contributed by atoms with van der Waals surface area (Å²) in [4.78, 5) is 6.83. The zero-order valence-corrected chi connectivity index (χ0v) is 16.9. The number of rotatable bonds is 3. The Morgan fingerprint density at radius 1 is 1.00 bits per heavy atom. The van der Waals surface area contributed by atoms with Crippen LogP contribution in [0, 0.1) is 6.92 Å². The first-order chi connectivity index (χ1) is 15.2. The lowest BCUT2D eigenvalue weighted by Gasteiger charge is -2.30. The Morgan fingerprint density at radius 2 is 1.87 bits per heavy atom. The van der Waals surface area contributed by atoms with Crippen LogP contribution in [-0.2, 0) is 0 Å². The van der Waals surface area contributed by atoms with Crippen molar-refractivity contribution < 1.29 is 4.42 Å². The third-order valence-corrected chi connectivity index (χ3v) is 5.74. The summed E-state index contributed by atoms with van der Waals surface area (Å²) >= 11 is 0. The van der Waals surface area contributed by atoms with E-state index in [1.165, 1.54) is 4.63 Å². The van der Waals surface area contributed by atoms with E-state index in [0.717, 1.165) is 53.9 Å². The van der Waals surface area contributed by atoms with Gasteiger partial charge in [0, 0.05) is 35.7 Å². The molecule has 10 heteroatoms. The average molecular weight is 413 g/mol. The van der Waals surface area contributed by atoms with Crippen LogP contribution in [0.3, 0.4) is 0 Å². The molecule has 1 fully saturated rings. The minimum Gasteiger partial charge on any atom is -0.420 e. The van der Waals surface area contributed by atoms with Crippen LogP contribution in [0.1, 0.15) is 30.3 Å². The fourth-order valence-electron chi connectivity index (χ4n) is 4.16. The summed E-state index contributed by atoms with van der Waals surface area (Å²) in [7, 11) is 0. The smallest absolute Gasteiger partial charge is 0.248 e. The van der Waals surface area contributed by atoms with E-state index in [2.05, 4.69) is 40.7 Å². The summed E-state index contributed by atoms with van der Waals surface area (Å²) < 4.78 is 7.60. The maximum absolute atomic E-state index is 6.15. The number of tetrazole rings is 1. The molecule has 0 bridgehead atoms. The number of aromatic nitrogens is 8. The van der Waals surface area contributed by atoms with Crippen molar-refractivity contribution in [3.05, 3.63) is 54.0 Å². The number of nitrogens with zero attached hydrogens (tertiary/aromatic N) is 9. The fourth-order valence-corrected chi connectivity index (χ4v) is 4.16. The van der Waals surface area contributed by atoms with Crippen LogP contribution in [0.15, 0.2) is 46.9 Å². The first-order valence-electron chi connectivity index (χ1n) is 10.3. The summed E-state index contributed by atoms with van der Waals surface area (Å²) in [6.07, 6.45) is 1.82. The Hall–Kier alpha value is -3.95. The lowest BCUT2D eigenvalue weighted by molar-refractivity contribution is 0.397. The number of anilines is 1. The number of piperidine rings is 1. The Bertz CT molecular complexity index is 1380. The van der Waals surface area contributed by atoms with Crippen LogP contribution in [-0.4, -0.2) is 53.5 Å². The van der Waals surface area contributed by atoms with Crippen LogP contribution in [0.4, 0.5) is 5.82 Å². The van der Waals surface area contributed by atoms with Crippen molar-refractivity contribution in [2.24, 2.45) is 0 Å². The Kier molecular flexibility index (Phi) is 4.08. The second-order valence-electron chi connectivity index (χ2n) is 7.75. The van der Waals surface area contributed by atoms with Gasteiger partial charge in [-0.25, -0.2) is 0 Å². The van der Waals surface area contributed by atoms with Gasteiger partial charge in [-0.2, -0.15) is 0 Å². The number of hydrogen-bond donors (Lipinski definition) is 0. The van der Waals surface area contributed by atoms with Gasteiger partial charge in [0.15, 0.2) is 11.5 Å². The van der Waals surface area contributed by atoms with E-state index in [1.807, 2.05) is 49.4 Å². The summed E-state index contributed by atoms with van der Waals surface area (Å²) in [5, 5.41) is 25.7. The Morgan fingerprint density at radius 3 is 2.77 bits per heavy atom. The van der Waals surface area contributed by atoms with E-state index >= 15 is 0 Å². The van der Waals surface area contributed by atoms with E-state index in [1.54, 1.807) is 0 Å². The van der Waals surface area contributed by atoms with Gasteiger partial charge in [-0.15, -0.1) is 25.0 Å². The third-order valence-electron chi connectivity index (χ3n) is 5.74. The van der Waals surface area contributed by atoms with Crippen LogP contribution in [0.5, 0.6) is 0 Å². The van der Waals surface area contributed by atoms with Crippen molar-refractivity contribution in [3.8, 4) is 11.5 Å². The highest BCUT2D eigenvalue weighted by molar-refractivity contribution is 5.92. The van der Waals surface area contributed by atoms with Gasteiger partial charge in [0.05, 0.1) is 5.52 Å². The molecule has 0 radical (unpaired) electrons. The summed E-state index contributed by atoms with van der Waals surface area (Å²) in [6, 6.07) is 13.8. The van der Waals surface area contributed by atoms with E-state index in [-0.39, 0.29) is 5.92 Å². The normalized spacial score (nSPS) is 15.2. The van der Waals surface area contributed by atoms with Gasteiger partial charge in [-0.05, 0) is 54.5 Å². The number of fused-ring (bicyclic) bond motifs is 2. The minimum atomic E-state index is 0.225. The standard InChI is InChI=1S/C21H19N9O/c1-13-12-16(15-4-2-3-5-17(15)22-13)21-25-24-20(31-21)14-8-10-29(11-9-14)19-7-6-18-23-27-28-30(18)26-19/h2-7,12,14H,8-11H2,1H3. The molecule has 1 aliphatic heterocycles. The number of para-hydroxylation sites is 1. The predicted molar refractivity (Wildman–Crippen MR) is 113 cm³/mol. The number of benzene rings is 1. The molecular formula is C21H19N9O. The lowest BCUT2D eigenvalue weighted by atomic mass is 9.97. The van der Waals surface area contributed by atoms with Crippen molar-refractivity contribution in [2.45, 2.75) is 25.7 Å². The predicted octanol–water partition coefficient (Wildman–Crippen LogP) is 2.81. The molecule has 10 nitrogen and oxygen atoms in total. The molecule has 0 amide bonds. The first kappa shape index (κ1) is 17.9. The van der Waals surface area contributed by atoms with Crippen LogP contribution < -0.4 is 4.90 Å². The highest BCUT2D eigenvalue weighted by atomic mass is 16.4. The molecule has 5 aromatic rings. The summed E-state index contributed by atoms with van der Waals surface area (Å²) in [6.45, 7) is 3.67. The molecule has 1 aliphatic rings. The highest BCUT2D eigenvalue weighted by Gasteiger charge is 2.26. The number of pyridine rings is 1. The largest absolute Gasteiger partial charge is 0.420 e. The van der Waals surface area contributed by atoms with Gasteiger partial charge < -0.3 is 9.32 Å². The molecule has 6 rings (SSSR count). The molecule has 154 valence electrons. The Balaban J connectivity index is 1.22. The molecule has 0 atom stereocenters. The monoisotopic (exact) mass is 413 g/mol. The maximum atomic E-state index is 6.15. The molecule has 0 saturated carbocycles. The molecule has 31 heavy (non-hydrogen) atoms. The maximum Gasteiger partial charge on any atom is 0.248 e. The molecule has 0 aliphatic carbocycles. The van der Waals surface area contributed by atoms with Gasteiger partial charge in [0.25, 0.3) is 0 Å². The molecule has 4 aromatic heterocycles. The summed E-state index contributed by atoms with van der Waals surface area (Å²) in [5.41, 5.74) is 3.42. The van der Waals surface area contributed by atoms with Crippen molar-refractivity contribution >= 4 is 22.4 Å². The van der Waals surface area contributed by atoms with Crippen LogP contribution >= 0.6 is 0 Å². The third kappa shape index (κ3) is 3.16. The zero-order chi connectivity index (χ0) is 20.8. The molecule has 0 N–H and O–H groups in total. The SMILES string of the molecule is Cc1cc(-c2nnc(C3CCN(c4ccc5nnnn5n4)CC3)o2)c2ccccc2n1. The summed E-state index contributed by atoms with van der Waals surface area (Å²) in [5.74, 6) is 2.33. The van der Waals surface area contributed by atoms with Crippen LogP contribution in [0.2, 0.25) is 0 Å². The second-order valence-corrected chi connectivity index (χ2v) is 7.75. The van der Waals surface area contributed by atoms with E-state index in [4.69, 9.17) is 4.42 Å². The van der Waals surface area contributed by atoms with Gasteiger partial charge in [-0.1, -0.05) is 18.2 Å². The minimum absolute atomic E-state index is 0.225. The van der Waals surface area contributed by atoms with Crippen molar-refractivity contribution in [1.29, 1.82) is 0 Å². The van der Waals surface area contributed by atoms with Gasteiger partial charge in [0.2, 0.25) is 11.8 Å². The molecular weight excluding hydrogens is 394 g/mol. The van der Waals surface area contributed by atoms with E-state index in [9.17, 15) is 0 Å². The van der Waals surface area contributed by atoms with Gasteiger partial charge in [-0.3, -0.25) is 4.98 Å². The first-order valence-corrected chi connectivity index (χ1v) is 10.3. The highest BCUT2D eigenvalue weighted by Crippen LogP contribution is 2.33. The van der Waals surface area contributed by atoms with Crippen molar-refractivity contribution in [3.63, 3.8) is 0 Å². The molecule has 5 heterocycles. The van der Waals surface area contributed by atoms with E-state index in [0.29, 0.717) is 17.4 Å². The van der Waals surface area contributed by atoms with Crippen molar-refractivity contribution in [1.82, 2.24) is 40.4 Å². The number of aryl methyl sites for hydroxylation is 1. The lowest BCUT2D eigenvalue weighted by Crippen LogP contribution is -2.33. The number of hydrogen-bond acceptors (Lipinski definition) is 9. The van der Waals surface area contributed by atoms with E-state index < -0.39 is 0 Å². The fraction of sp³-hybridized carbons (Fsp3) is 0.286. The molecule has 0 unspecified atom stereocenters. The van der Waals surface area contributed by atoms with Gasteiger partial charge >= 0.3 is 0 Å². The van der Waals surface area contributed by atoms with Gasteiger partial charge in [0.1, 0.15) is 0 Å². The molecule has 0 spiro atoms. The molecule has 1 aromatic carbocycles. The van der Waals surface area contributed by atoms with Crippen LogP contribution in [0.25, 0.3) is 28.0 Å². The average Bonchev–Trinajstić information content (AvgIpc) is 3.48. The Labute approximate surface area is 176 Å². The quantitative estimate of drug-likeness (QED) is 0.441. The zero-order valence-electron chi connectivity index (χ0n) is 16.9. The molecule has 1 saturated heterocycles.